The first-order valence-corrected chi connectivity index (χ1v) is 5.44. The summed E-state index contributed by atoms with van der Waals surface area (Å²) in [4.78, 5) is 0. The summed E-state index contributed by atoms with van der Waals surface area (Å²) in [5.74, 6) is 0. The summed E-state index contributed by atoms with van der Waals surface area (Å²) in [5, 5.41) is 2.56. The van der Waals surface area contributed by atoms with Gasteiger partial charge in [-0.3, -0.25) is 0 Å². The molecular weight excluding hydrogens is 182 g/mol. The van der Waals surface area contributed by atoms with Crippen LogP contribution in [0.25, 0.3) is 10.8 Å². The van der Waals surface area contributed by atoms with E-state index in [1.807, 2.05) is 26.0 Å². The summed E-state index contributed by atoms with van der Waals surface area (Å²) in [6.45, 7) is 8.23. The van der Waals surface area contributed by atoms with E-state index in [9.17, 15) is 0 Å². The molecule has 80 valence electrons. The van der Waals surface area contributed by atoms with E-state index in [-0.39, 0.29) is 0 Å². The molecule has 15 heavy (non-hydrogen) atoms. The predicted molar refractivity (Wildman–Crippen MR) is 69.2 cm³/mol. The first-order valence-electron chi connectivity index (χ1n) is 5.44. The zero-order valence-corrected chi connectivity index (χ0v) is 9.96. The molecule has 0 heterocycles. The number of nitrogens with two attached hydrogens (primary N) is 1. The van der Waals surface area contributed by atoms with E-state index in [4.69, 9.17) is 5.73 Å². The van der Waals surface area contributed by atoms with Crippen molar-refractivity contribution in [3.05, 3.63) is 41.5 Å². The van der Waals surface area contributed by atoms with Gasteiger partial charge in [0.1, 0.15) is 0 Å². The molecule has 0 saturated carbocycles. The zero-order valence-electron chi connectivity index (χ0n) is 9.96. The normalized spacial score (nSPS) is 9.60. The Kier molecular flexibility index (Phi) is 3.73. The van der Waals surface area contributed by atoms with E-state index in [0.717, 1.165) is 5.69 Å². The fourth-order valence-corrected chi connectivity index (χ4v) is 1.89. The number of rotatable bonds is 0. The first kappa shape index (κ1) is 11.6. The van der Waals surface area contributed by atoms with Crippen LogP contribution < -0.4 is 5.73 Å². The molecule has 0 radical (unpaired) electrons. The van der Waals surface area contributed by atoms with E-state index >= 15 is 0 Å². The third kappa shape index (κ3) is 2.30. The fraction of sp³-hybridized carbons (Fsp3) is 0.286. The van der Waals surface area contributed by atoms with E-state index in [2.05, 4.69) is 32.0 Å². The van der Waals surface area contributed by atoms with E-state index in [0.29, 0.717) is 0 Å². The Balaban J connectivity index is 0.000000531. The third-order valence-electron chi connectivity index (χ3n) is 2.40. The molecule has 0 aliphatic carbocycles. The van der Waals surface area contributed by atoms with Crippen LogP contribution in [0.5, 0.6) is 0 Å². The van der Waals surface area contributed by atoms with Crippen LogP contribution in [0.15, 0.2) is 30.3 Å². The lowest BCUT2D eigenvalue weighted by Crippen LogP contribution is -1.88. The molecule has 0 unspecified atom stereocenters. The molecule has 0 aliphatic heterocycles. The number of fused-ring (bicyclic) bond motifs is 1. The maximum Gasteiger partial charge on any atom is 0.0323 e. The van der Waals surface area contributed by atoms with Gasteiger partial charge < -0.3 is 5.73 Å². The maximum absolute atomic E-state index is 5.77. The van der Waals surface area contributed by atoms with Crippen LogP contribution >= 0.6 is 0 Å². The Morgan fingerprint density at radius 3 is 2.27 bits per heavy atom. The summed E-state index contributed by atoms with van der Waals surface area (Å²) < 4.78 is 0. The van der Waals surface area contributed by atoms with E-state index < -0.39 is 0 Å². The minimum atomic E-state index is 0.843. The summed E-state index contributed by atoms with van der Waals surface area (Å²) in [5.41, 5.74) is 9.19. The molecule has 0 aromatic heterocycles. The standard InChI is InChI=1S/C12H13N.C2H6/c1-8-4-3-5-10-7-11(13)6-9(2)12(8)10;1-2/h3-7H,13H2,1-2H3;1-2H3. The number of nitrogen functional groups attached to an aromatic ring is 1. The lowest BCUT2D eigenvalue weighted by molar-refractivity contribution is 1.46. The second-order valence-electron chi connectivity index (χ2n) is 3.51. The van der Waals surface area contributed by atoms with Crippen molar-refractivity contribution in [3.63, 3.8) is 0 Å². The van der Waals surface area contributed by atoms with Crippen LogP contribution in [0.1, 0.15) is 25.0 Å². The molecule has 0 bridgehead atoms. The summed E-state index contributed by atoms with van der Waals surface area (Å²) in [6.07, 6.45) is 0. The molecule has 2 aromatic rings. The molecule has 1 nitrogen and oxygen atoms in total. The highest BCUT2D eigenvalue weighted by Gasteiger charge is 2.00. The summed E-state index contributed by atoms with van der Waals surface area (Å²) >= 11 is 0. The molecule has 2 N–H and O–H groups in total. The van der Waals surface area contributed by atoms with Gasteiger partial charge in [0.15, 0.2) is 0 Å². The molecule has 0 atom stereocenters. The van der Waals surface area contributed by atoms with Crippen molar-refractivity contribution < 1.29 is 0 Å². The molecule has 2 rings (SSSR count). The van der Waals surface area contributed by atoms with Crippen LogP contribution in [0.2, 0.25) is 0 Å². The van der Waals surface area contributed by atoms with Crippen LogP contribution in [0.4, 0.5) is 5.69 Å². The highest BCUT2D eigenvalue weighted by Crippen LogP contribution is 2.24. The number of hydrogen-bond donors (Lipinski definition) is 1. The molecule has 2 aromatic carbocycles. The van der Waals surface area contributed by atoms with E-state index in [1.54, 1.807) is 0 Å². The predicted octanol–water partition coefficient (Wildman–Crippen LogP) is 4.07. The Hall–Kier alpha value is -1.50. The summed E-state index contributed by atoms with van der Waals surface area (Å²) in [7, 11) is 0. The molecule has 0 amide bonds. The van der Waals surface area contributed by atoms with Crippen molar-refractivity contribution >= 4 is 16.5 Å². The Labute approximate surface area is 91.9 Å². The molecule has 0 spiro atoms. The van der Waals surface area contributed by atoms with Gasteiger partial charge >= 0.3 is 0 Å². The molecule has 1 heteroatoms. The monoisotopic (exact) mass is 201 g/mol. The highest BCUT2D eigenvalue weighted by atomic mass is 14.5. The zero-order chi connectivity index (χ0) is 11.4. The van der Waals surface area contributed by atoms with Gasteiger partial charge in [-0.2, -0.15) is 0 Å². The minimum absolute atomic E-state index is 0.843. The Bertz CT molecular complexity index is 458. The van der Waals surface area contributed by atoms with Crippen LogP contribution in [0, 0.1) is 13.8 Å². The van der Waals surface area contributed by atoms with E-state index in [1.165, 1.54) is 21.9 Å². The number of aryl methyl sites for hydroxylation is 2. The number of anilines is 1. The quantitative estimate of drug-likeness (QED) is 0.639. The first-order chi connectivity index (χ1) is 7.18. The molecule has 0 aliphatic rings. The van der Waals surface area contributed by atoms with Crippen molar-refractivity contribution in [3.8, 4) is 0 Å². The SMILES string of the molecule is CC.Cc1cccc2cc(N)cc(C)c12. The van der Waals surface area contributed by atoms with Gasteiger partial charge in [0, 0.05) is 5.69 Å². The second-order valence-corrected chi connectivity index (χ2v) is 3.51. The Morgan fingerprint density at radius 1 is 0.933 bits per heavy atom. The van der Waals surface area contributed by atoms with Crippen molar-refractivity contribution in [1.82, 2.24) is 0 Å². The average Bonchev–Trinajstić information content (AvgIpc) is 2.19. The van der Waals surface area contributed by atoms with Crippen molar-refractivity contribution in [2.75, 3.05) is 5.73 Å². The van der Waals surface area contributed by atoms with Gasteiger partial charge in [-0.15, -0.1) is 0 Å². The average molecular weight is 201 g/mol. The maximum atomic E-state index is 5.77. The highest BCUT2D eigenvalue weighted by molar-refractivity contribution is 5.91. The molecular formula is C14H19N. The second kappa shape index (κ2) is 4.83. The molecule has 0 saturated heterocycles. The lowest BCUT2D eigenvalue weighted by Gasteiger charge is -2.06. The topological polar surface area (TPSA) is 26.0 Å². The summed E-state index contributed by atoms with van der Waals surface area (Å²) in [6, 6.07) is 10.3. The van der Waals surface area contributed by atoms with Crippen molar-refractivity contribution in [2.24, 2.45) is 0 Å². The van der Waals surface area contributed by atoms with Gasteiger partial charge in [-0.05, 0) is 47.9 Å². The fourth-order valence-electron chi connectivity index (χ4n) is 1.89. The van der Waals surface area contributed by atoms with Gasteiger partial charge in [-0.1, -0.05) is 32.0 Å². The minimum Gasteiger partial charge on any atom is -0.399 e. The van der Waals surface area contributed by atoms with Crippen LogP contribution in [-0.4, -0.2) is 0 Å². The lowest BCUT2D eigenvalue weighted by atomic mass is 10.0. The van der Waals surface area contributed by atoms with Gasteiger partial charge in [0.25, 0.3) is 0 Å². The number of hydrogen-bond acceptors (Lipinski definition) is 1. The van der Waals surface area contributed by atoms with Crippen molar-refractivity contribution in [1.29, 1.82) is 0 Å². The number of benzene rings is 2. The van der Waals surface area contributed by atoms with Crippen LogP contribution in [0.3, 0.4) is 0 Å². The van der Waals surface area contributed by atoms with Gasteiger partial charge in [0.05, 0.1) is 0 Å². The van der Waals surface area contributed by atoms with Crippen molar-refractivity contribution in [2.45, 2.75) is 27.7 Å². The van der Waals surface area contributed by atoms with Gasteiger partial charge in [-0.25, -0.2) is 0 Å². The smallest absolute Gasteiger partial charge is 0.0323 e. The third-order valence-corrected chi connectivity index (χ3v) is 2.40. The largest absolute Gasteiger partial charge is 0.399 e. The van der Waals surface area contributed by atoms with Gasteiger partial charge in [0.2, 0.25) is 0 Å². The van der Waals surface area contributed by atoms with Crippen LogP contribution in [-0.2, 0) is 0 Å². The molecule has 0 fully saturated rings. The Morgan fingerprint density at radius 2 is 1.60 bits per heavy atom.